The van der Waals surface area contributed by atoms with Gasteiger partial charge in [0.1, 0.15) is 0 Å². The molecule has 1 atom stereocenters. The second-order valence-electron chi connectivity index (χ2n) is 4.45. The first-order valence-corrected chi connectivity index (χ1v) is 6.79. The topological polar surface area (TPSA) is 75.3 Å². The summed E-state index contributed by atoms with van der Waals surface area (Å²) < 4.78 is 22.3. The normalized spacial score (nSPS) is 25.1. The third-order valence-electron chi connectivity index (χ3n) is 2.76. The third kappa shape index (κ3) is 3.17. The number of likely N-dealkylation sites (N-methyl/N-ethyl adjacent to an activating group) is 1. The van der Waals surface area contributed by atoms with E-state index in [0.29, 0.717) is 6.42 Å². The minimum absolute atomic E-state index is 0.0680. The van der Waals surface area contributed by atoms with Crippen molar-refractivity contribution in [3.63, 3.8) is 0 Å². The maximum absolute atomic E-state index is 11.7. The molecule has 88 valence electrons. The molecule has 5 nitrogen and oxygen atoms in total. The molecule has 1 aliphatic heterocycles. The van der Waals surface area contributed by atoms with Crippen LogP contribution < -0.4 is 10.6 Å². The number of carbonyl (C=O) groups is 1. The van der Waals surface area contributed by atoms with Gasteiger partial charge >= 0.3 is 0 Å². The van der Waals surface area contributed by atoms with E-state index in [4.69, 9.17) is 0 Å². The molecule has 0 bridgehead atoms. The van der Waals surface area contributed by atoms with Crippen LogP contribution in [0.5, 0.6) is 0 Å². The molecular weight excluding hydrogens is 216 g/mol. The average Bonchev–Trinajstić information content (AvgIpc) is 2.45. The zero-order valence-electron chi connectivity index (χ0n) is 9.33. The second kappa shape index (κ2) is 4.09. The van der Waals surface area contributed by atoms with Gasteiger partial charge in [-0.2, -0.15) is 0 Å². The quantitative estimate of drug-likeness (QED) is 0.676. The van der Waals surface area contributed by atoms with Crippen molar-refractivity contribution in [2.75, 3.05) is 18.6 Å². The summed E-state index contributed by atoms with van der Waals surface area (Å²) in [5.41, 5.74) is -0.660. The highest BCUT2D eigenvalue weighted by Crippen LogP contribution is 2.12. The number of amides is 1. The zero-order chi connectivity index (χ0) is 11.7. The fourth-order valence-corrected chi connectivity index (χ4v) is 3.06. The summed E-state index contributed by atoms with van der Waals surface area (Å²) in [6, 6.07) is -0.227. The van der Waals surface area contributed by atoms with Crippen molar-refractivity contribution in [2.24, 2.45) is 0 Å². The molecule has 1 unspecified atom stereocenters. The molecule has 1 fully saturated rings. The number of hydrogen-bond donors (Lipinski definition) is 2. The number of sulfone groups is 1. The molecule has 1 amide bonds. The van der Waals surface area contributed by atoms with E-state index in [-0.39, 0.29) is 23.5 Å². The third-order valence-corrected chi connectivity index (χ3v) is 4.53. The van der Waals surface area contributed by atoms with Crippen LogP contribution in [0.1, 0.15) is 20.3 Å². The highest BCUT2D eigenvalue weighted by atomic mass is 32.2. The number of rotatable bonds is 3. The maximum atomic E-state index is 11.7. The highest BCUT2D eigenvalue weighted by Gasteiger charge is 2.33. The lowest BCUT2D eigenvalue weighted by Crippen LogP contribution is -2.53. The predicted molar refractivity (Wildman–Crippen MR) is 58.3 cm³/mol. The summed E-state index contributed by atoms with van der Waals surface area (Å²) in [5.74, 6) is 0.0864. The van der Waals surface area contributed by atoms with Crippen molar-refractivity contribution < 1.29 is 13.2 Å². The SMILES string of the molecule is CNC(C)(C)C(=O)NC1CCS(=O)(=O)C1. The average molecular weight is 234 g/mol. The molecule has 0 aromatic rings. The van der Waals surface area contributed by atoms with E-state index < -0.39 is 15.4 Å². The van der Waals surface area contributed by atoms with Gasteiger partial charge in [0.15, 0.2) is 9.84 Å². The van der Waals surface area contributed by atoms with Gasteiger partial charge in [-0.15, -0.1) is 0 Å². The molecule has 1 heterocycles. The molecule has 0 saturated carbocycles. The lowest BCUT2D eigenvalue weighted by molar-refractivity contribution is -0.126. The van der Waals surface area contributed by atoms with Gasteiger partial charge in [0, 0.05) is 6.04 Å². The molecule has 2 N–H and O–H groups in total. The van der Waals surface area contributed by atoms with Crippen LogP contribution in [0, 0.1) is 0 Å². The Balaban J connectivity index is 2.54. The molecule has 0 aromatic heterocycles. The fraction of sp³-hybridized carbons (Fsp3) is 0.889. The van der Waals surface area contributed by atoms with Gasteiger partial charge < -0.3 is 10.6 Å². The minimum atomic E-state index is -2.93. The maximum Gasteiger partial charge on any atom is 0.239 e. The van der Waals surface area contributed by atoms with Crippen molar-refractivity contribution in [3.05, 3.63) is 0 Å². The minimum Gasteiger partial charge on any atom is -0.351 e. The Kier molecular flexibility index (Phi) is 3.40. The molecule has 15 heavy (non-hydrogen) atoms. The Morgan fingerprint density at radius 1 is 1.40 bits per heavy atom. The van der Waals surface area contributed by atoms with Crippen molar-refractivity contribution in [1.29, 1.82) is 0 Å². The van der Waals surface area contributed by atoms with Crippen LogP contribution in [-0.2, 0) is 14.6 Å². The predicted octanol–water partition coefficient (Wildman–Crippen LogP) is -0.712. The van der Waals surface area contributed by atoms with Crippen molar-refractivity contribution in [1.82, 2.24) is 10.6 Å². The van der Waals surface area contributed by atoms with Crippen molar-refractivity contribution >= 4 is 15.7 Å². The molecule has 1 saturated heterocycles. The van der Waals surface area contributed by atoms with Crippen molar-refractivity contribution in [2.45, 2.75) is 31.8 Å². The largest absolute Gasteiger partial charge is 0.351 e. The number of nitrogens with one attached hydrogen (secondary N) is 2. The van der Waals surface area contributed by atoms with E-state index in [1.807, 2.05) is 0 Å². The summed E-state index contributed by atoms with van der Waals surface area (Å²) in [4.78, 5) is 11.7. The van der Waals surface area contributed by atoms with E-state index in [1.165, 1.54) is 0 Å². The smallest absolute Gasteiger partial charge is 0.239 e. The fourth-order valence-electron chi connectivity index (χ4n) is 1.39. The molecule has 0 radical (unpaired) electrons. The van der Waals surface area contributed by atoms with Crippen LogP contribution in [0.2, 0.25) is 0 Å². The summed E-state index contributed by atoms with van der Waals surface area (Å²) in [6.45, 7) is 3.51. The molecular formula is C9H18N2O3S. The van der Waals surface area contributed by atoms with E-state index in [2.05, 4.69) is 10.6 Å². The van der Waals surface area contributed by atoms with Gasteiger partial charge in [0.25, 0.3) is 0 Å². The van der Waals surface area contributed by atoms with E-state index in [9.17, 15) is 13.2 Å². The Morgan fingerprint density at radius 2 is 2.00 bits per heavy atom. The van der Waals surface area contributed by atoms with E-state index in [0.717, 1.165) is 0 Å². The molecule has 0 aromatic carbocycles. The standard InChI is InChI=1S/C9H18N2O3S/c1-9(2,10-3)8(12)11-7-4-5-15(13,14)6-7/h7,10H,4-6H2,1-3H3,(H,11,12). The Labute approximate surface area is 90.5 Å². The number of hydrogen-bond acceptors (Lipinski definition) is 4. The van der Waals surface area contributed by atoms with Crippen LogP contribution in [-0.4, -0.2) is 44.5 Å². The lowest BCUT2D eigenvalue weighted by atomic mass is 10.0. The van der Waals surface area contributed by atoms with Gasteiger partial charge in [-0.25, -0.2) is 8.42 Å². The van der Waals surface area contributed by atoms with E-state index >= 15 is 0 Å². The molecule has 0 spiro atoms. The zero-order valence-corrected chi connectivity index (χ0v) is 10.1. The summed E-state index contributed by atoms with van der Waals surface area (Å²) in [6.07, 6.45) is 0.522. The Bertz CT molecular complexity index is 348. The van der Waals surface area contributed by atoms with Crippen LogP contribution in [0.4, 0.5) is 0 Å². The molecule has 1 aliphatic rings. The molecule has 6 heteroatoms. The van der Waals surface area contributed by atoms with Gasteiger partial charge in [-0.3, -0.25) is 4.79 Å². The van der Waals surface area contributed by atoms with Gasteiger partial charge in [-0.05, 0) is 27.3 Å². The van der Waals surface area contributed by atoms with Gasteiger partial charge in [0.2, 0.25) is 5.91 Å². The molecule has 0 aliphatic carbocycles. The Hall–Kier alpha value is -0.620. The first-order chi connectivity index (χ1) is 6.77. The lowest BCUT2D eigenvalue weighted by Gasteiger charge is -2.24. The van der Waals surface area contributed by atoms with Crippen molar-refractivity contribution in [3.8, 4) is 0 Å². The summed E-state index contributed by atoms with van der Waals surface area (Å²) >= 11 is 0. The summed E-state index contributed by atoms with van der Waals surface area (Å²) in [7, 11) is -1.23. The van der Waals surface area contributed by atoms with E-state index in [1.54, 1.807) is 20.9 Å². The van der Waals surface area contributed by atoms with Crippen LogP contribution in [0.3, 0.4) is 0 Å². The first-order valence-electron chi connectivity index (χ1n) is 4.97. The van der Waals surface area contributed by atoms with Crippen LogP contribution in [0.15, 0.2) is 0 Å². The summed E-state index contributed by atoms with van der Waals surface area (Å²) in [5, 5.41) is 5.62. The highest BCUT2D eigenvalue weighted by molar-refractivity contribution is 7.91. The monoisotopic (exact) mass is 234 g/mol. The number of carbonyl (C=O) groups excluding carboxylic acids is 1. The molecule has 1 rings (SSSR count). The Morgan fingerprint density at radius 3 is 2.40 bits per heavy atom. The first kappa shape index (κ1) is 12.4. The van der Waals surface area contributed by atoms with Crippen LogP contribution in [0.25, 0.3) is 0 Å². The van der Waals surface area contributed by atoms with Gasteiger partial charge in [-0.1, -0.05) is 0 Å². The van der Waals surface area contributed by atoms with Crippen LogP contribution >= 0.6 is 0 Å². The van der Waals surface area contributed by atoms with Gasteiger partial charge in [0.05, 0.1) is 17.0 Å². The second-order valence-corrected chi connectivity index (χ2v) is 6.68.